The van der Waals surface area contributed by atoms with Gasteiger partial charge in [0.15, 0.2) is 0 Å². The summed E-state index contributed by atoms with van der Waals surface area (Å²) < 4.78 is 16.2. The molecule has 1 aromatic heterocycles. The number of aromatic nitrogens is 2. The van der Waals surface area contributed by atoms with Gasteiger partial charge in [0.1, 0.15) is 5.82 Å². The Morgan fingerprint density at radius 1 is 1.20 bits per heavy atom. The number of hydrogen-bond acceptors (Lipinski definition) is 3. The van der Waals surface area contributed by atoms with Gasteiger partial charge in [0.05, 0.1) is 6.54 Å². The molecule has 0 spiro atoms. The highest BCUT2D eigenvalue weighted by Gasteiger charge is 2.07. The van der Waals surface area contributed by atoms with E-state index in [9.17, 15) is 14.0 Å². The molecule has 0 amide bonds. The van der Waals surface area contributed by atoms with E-state index in [1.165, 1.54) is 29.8 Å². The molecule has 0 bridgehead atoms. The third kappa shape index (κ3) is 2.92. The molecule has 20 heavy (non-hydrogen) atoms. The number of benzene rings is 1. The first-order chi connectivity index (χ1) is 9.40. The second-order valence-corrected chi connectivity index (χ2v) is 5.51. The number of rotatable bonds is 3. The SMILES string of the molecule is Cn1c(CNc2ccc(F)cc2I)cc(=O)n(C)c1=O. The van der Waals surface area contributed by atoms with E-state index in [-0.39, 0.29) is 17.1 Å². The van der Waals surface area contributed by atoms with Crippen LogP contribution in [0.15, 0.2) is 33.9 Å². The molecule has 5 nitrogen and oxygen atoms in total. The molecule has 1 heterocycles. The third-order valence-corrected chi connectivity index (χ3v) is 3.91. The van der Waals surface area contributed by atoms with Crippen LogP contribution in [-0.4, -0.2) is 9.13 Å². The maximum absolute atomic E-state index is 13.0. The molecule has 2 rings (SSSR count). The minimum atomic E-state index is -0.372. The predicted molar refractivity (Wildman–Crippen MR) is 83.4 cm³/mol. The summed E-state index contributed by atoms with van der Waals surface area (Å²) in [5.41, 5.74) is 0.597. The van der Waals surface area contributed by atoms with Gasteiger partial charge < -0.3 is 5.32 Å². The van der Waals surface area contributed by atoms with Crippen molar-refractivity contribution in [1.82, 2.24) is 9.13 Å². The van der Waals surface area contributed by atoms with Gasteiger partial charge in [-0.05, 0) is 40.8 Å². The van der Waals surface area contributed by atoms with Gasteiger partial charge in [0, 0.05) is 35.1 Å². The highest BCUT2D eigenvalue weighted by Crippen LogP contribution is 2.19. The van der Waals surface area contributed by atoms with Crippen molar-refractivity contribution in [3.63, 3.8) is 0 Å². The monoisotopic (exact) mass is 389 g/mol. The number of halogens is 2. The lowest BCUT2D eigenvalue weighted by Gasteiger charge is -2.12. The van der Waals surface area contributed by atoms with Crippen molar-refractivity contribution in [2.45, 2.75) is 6.54 Å². The van der Waals surface area contributed by atoms with E-state index in [4.69, 9.17) is 0 Å². The number of nitrogens with zero attached hydrogens (tertiary/aromatic N) is 2. The maximum Gasteiger partial charge on any atom is 0.330 e. The fourth-order valence-electron chi connectivity index (χ4n) is 1.77. The fourth-order valence-corrected chi connectivity index (χ4v) is 2.43. The van der Waals surface area contributed by atoms with Crippen LogP contribution in [0.4, 0.5) is 10.1 Å². The van der Waals surface area contributed by atoms with Crippen molar-refractivity contribution >= 4 is 28.3 Å². The molecule has 0 aliphatic carbocycles. The largest absolute Gasteiger partial charge is 0.379 e. The number of hydrogen-bond donors (Lipinski definition) is 1. The lowest BCUT2D eigenvalue weighted by molar-refractivity contribution is 0.627. The van der Waals surface area contributed by atoms with Gasteiger partial charge in [-0.15, -0.1) is 0 Å². The van der Waals surface area contributed by atoms with Gasteiger partial charge in [-0.2, -0.15) is 0 Å². The Morgan fingerprint density at radius 3 is 2.55 bits per heavy atom. The first kappa shape index (κ1) is 14.8. The number of anilines is 1. The average Bonchev–Trinajstić information content (AvgIpc) is 2.40. The zero-order chi connectivity index (χ0) is 14.9. The van der Waals surface area contributed by atoms with Crippen LogP contribution in [0.2, 0.25) is 0 Å². The van der Waals surface area contributed by atoms with E-state index >= 15 is 0 Å². The van der Waals surface area contributed by atoms with E-state index in [0.29, 0.717) is 12.2 Å². The predicted octanol–water partition coefficient (Wildman–Crippen LogP) is 1.44. The zero-order valence-corrected chi connectivity index (χ0v) is 13.1. The van der Waals surface area contributed by atoms with Gasteiger partial charge in [-0.25, -0.2) is 9.18 Å². The summed E-state index contributed by atoms with van der Waals surface area (Å²) >= 11 is 2.02. The Morgan fingerprint density at radius 2 is 1.90 bits per heavy atom. The quantitative estimate of drug-likeness (QED) is 0.809. The molecule has 7 heteroatoms. The van der Waals surface area contributed by atoms with Gasteiger partial charge in [-0.1, -0.05) is 0 Å². The lowest BCUT2D eigenvalue weighted by Crippen LogP contribution is -2.38. The summed E-state index contributed by atoms with van der Waals surface area (Å²) in [6.07, 6.45) is 0. The van der Waals surface area contributed by atoms with E-state index in [1.807, 2.05) is 22.6 Å². The second-order valence-electron chi connectivity index (χ2n) is 4.35. The van der Waals surface area contributed by atoms with Crippen LogP contribution in [0.3, 0.4) is 0 Å². The highest BCUT2D eigenvalue weighted by atomic mass is 127. The first-order valence-electron chi connectivity index (χ1n) is 5.85. The molecule has 0 atom stereocenters. The van der Waals surface area contributed by atoms with Gasteiger partial charge in [0.2, 0.25) is 0 Å². The molecule has 0 unspecified atom stereocenters. The molecule has 106 valence electrons. The van der Waals surface area contributed by atoms with Crippen LogP contribution < -0.4 is 16.6 Å². The molecule has 1 N–H and O–H groups in total. The molecule has 1 aromatic carbocycles. The Hall–Kier alpha value is -1.64. The highest BCUT2D eigenvalue weighted by molar-refractivity contribution is 14.1. The topological polar surface area (TPSA) is 56.0 Å². The first-order valence-corrected chi connectivity index (χ1v) is 6.93. The molecular formula is C13H13FIN3O2. The fraction of sp³-hybridized carbons (Fsp3) is 0.231. The zero-order valence-electron chi connectivity index (χ0n) is 11.0. The summed E-state index contributed by atoms with van der Waals surface area (Å²) in [6.45, 7) is 0.309. The normalized spacial score (nSPS) is 10.6. The van der Waals surface area contributed by atoms with Crippen LogP contribution in [0.1, 0.15) is 5.69 Å². The standard InChI is InChI=1S/C13H13FIN3O2/c1-17-9(6-12(19)18(2)13(17)20)7-16-11-4-3-8(14)5-10(11)15/h3-6,16H,7H2,1-2H3. The minimum absolute atomic E-state index is 0.305. The van der Waals surface area contributed by atoms with Gasteiger partial charge in [-0.3, -0.25) is 13.9 Å². The van der Waals surface area contributed by atoms with E-state index in [0.717, 1.165) is 13.8 Å². The van der Waals surface area contributed by atoms with Crippen LogP contribution in [0.5, 0.6) is 0 Å². The van der Waals surface area contributed by atoms with Crippen LogP contribution >= 0.6 is 22.6 Å². The molecular weight excluding hydrogens is 376 g/mol. The summed E-state index contributed by atoms with van der Waals surface area (Å²) in [4.78, 5) is 23.4. The second kappa shape index (κ2) is 5.78. The van der Waals surface area contributed by atoms with E-state index in [1.54, 1.807) is 13.1 Å². The Bertz CT molecular complexity index is 767. The van der Waals surface area contributed by atoms with Gasteiger partial charge >= 0.3 is 5.69 Å². The van der Waals surface area contributed by atoms with Crippen LogP contribution in [0, 0.1) is 9.39 Å². The molecule has 0 radical (unpaired) electrons. The van der Waals surface area contributed by atoms with Crippen molar-refractivity contribution < 1.29 is 4.39 Å². The molecule has 0 aliphatic rings. The van der Waals surface area contributed by atoms with Crippen LogP contribution in [-0.2, 0) is 20.6 Å². The molecule has 0 saturated carbocycles. The van der Waals surface area contributed by atoms with Gasteiger partial charge in [0.25, 0.3) is 5.56 Å². The maximum atomic E-state index is 13.0. The smallest absolute Gasteiger partial charge is 0.330 e. The minimum Gasteiger partial charge on any atom is -0.379 e. The van der Waals surface area contributed by atoms with Crippen molar-refractivity contribution in [3.8, 4) is 0 Å². The lowest BCUT2D eigenvalue weighted by atomic mass is 10.3. The van der Waals surface area contributed by atoms with Crippen molar-refractivity contribution in [2.75, 3.05) is 5.32 Å². The van der Waals surface area contributed by atoms with Crippen molar-refractivity contribution in [1.29, 1.82) is 0 Å². The Kier molecular flexibility index (Phi) is 4.26. The summed E-state index contributed by atoms with van der Waals surface area (Å²) in [7, 11) is 3.04. The Labute approximate surface area is 128 Å². The number of nitrogens with one attached hydrogen (secondary N) is 1. The van der Waals surface area contributed by atoms with E-state index in [2.05, 4.69) is 5.32 Å². The molecule has 2 aromatic rings. The molecule has 0 fully saturated rings. The van der Waals surface area contributed by atoms with Crippen molar-refractivity contribution in [2.24, 2.45) is 14.1 Å². The molecule has 0 aliphatic heterocycles. The summed E-state index contributed by atoms with van der Waals surface area (Å²) in [5, 5.41) is 3.09. The van der Waals surface area contributed by atoms with Crippen LogP contribution in [0.25, 0.3) is 0 Å². The van der Waals surface area contributed by atoms with Crippen molar-refractivity contribution in [3.05, 3.63) is 60.2 Å². The Balaban J connectivity index is 2.28. The average molecular weight is 389 g/mol. The van der Waals surface area contributed by atoms with E-state index < -0.39 is 0 Å². The summed E-state index contributed by atoms with van der Waals surface area (Å²) in [5.74, 6) is -0.305. The summed E-state index contributed by atoms with van der Waals surface area (Å²) in [6, 6.07) is 5.79. The third-order valence-electron chi connectivity index (χ3n) is 3.02. The molecule has 0 saturated heterocycles.